The standard InChI is InChI=1S/C26H38N2O/c1-5-6-10-15-28-23(19-11-8-7-9-12-19)18-22(27-28)24(29)17-21-16-20-13-14-26(21,4)25(20,2)3/h7-9,11-12,20-21,23H,5-6,10,13-18H2,1-4H3/t20-,21-,23?,26+/m1/s1. The summed E-state index contributed by atoms with van der Waals surface area (Å²) in [6, 6.07) is 10.8. The number of carbonyl (C=O) groups excluding carboxylic acids is 1. The van der Waals surface area contributed by atoms with E-state index in [0.717, 1.165) is 31.0 Å². The largest absolute Gasteiger partial charge is 0.293 e. The summed E-state index contributed by atoms with van der Waals surface area (Å²) >= 11 is 0. The van der Waals surface area contributed by atoms with Gasteiger partial charge in [-0.25, -0.2) is 0 Å². The molecule has 0 N–H and O–H groups in total. The van der Waals surface area contributed by atoms with Gasteiger partial charge in [0.25, 0.3) is 0 Å². The lowest BCUT2D eigenvalue weighted by atomic mass is 9.65. The van der Waals surface area contributed by atoms with Gasteiger partial charge in [-0.1, -0.05) is 70.9 Å². The van der Waals surface area contributed by atoms with Gasteiger partial charge in [0.1, 0.15) is 5.71 Å². The molecule has 158 valence electrons. The van der Waals surface area contributed by atoms with Gasteiger partial charge in [0.05, 0.1) is 6.04 Å². The number of benzene rings is 1. The summed E-state index contributed by atoms with van der Waals surface area (Å²) in [5, 5.41) is 7.08. The van der Waals surface area contributed by atoms with Crippen LogP contribution in [0, 0.1) is 22.7 Å². The third-order valence-corrected chi connectivity index (χ3v) is 8.90. The van der Waals surface area contributed by atoms with Gasteiger partial charge in [0, 0.05) is 19.4 Å². The molecule has 29 heavy (non-hydrogen) atoms. The number of ketones is 1. The van der Waals surface area contributed by atoms with E-state index in [0.29, 0.717) is 29.0 Å². The predicted octanol–water partition coefficient (Wildman–Crippen LogP) is 6.40. The van der Waals surface area contributed by atoms with Gasteiger partial charge in [-0.15, -0.1) is 0 Å². The summed E-state index contributed by atoms with van der Waals surface area (Å²) in [5.41, 5.74) is 2.78. The molecule has 3 aliphatic rings. The van der Waals surface area contributed by atoms with Crippen molar-refractivity contribution in [3.8, 4) is 0 Å². The molecule has 0 spiro atoms. The highest BCUT2D eigenvalue weighted by Crippen LogP contribution is 2.68. The highest BCUT2D eigenvalue weighted by Gasteiger charge is 2.61. The second-order valence-electron chi connectivity index (χ2n) is 10.5. The minimum atomic E-state index is 0.221. The molecule has 4 atom stereocenters. The Morgan fingerprint density at radius 3 is 2.55 bits per heavy atom. The lowest BCUT2D eigenvalue weighted by Crippen LogP contribution is -2.34. The van der Waals surface area contributed by atoms with Gasteiger partial charge in [-0.2, -0.15) is 5.10 Å². The molecular weight excluding hydrogens is 356 g/mol. The Balaban J connectivity index is 1.47. The maximum atomic E-state index is 13.3. The molecule has 2 aliphatic carbocycles. The van der Waals surface area contributed by atoms with Crippen LogP contribution in [0.15, 0.2) is 35.4 Å². The van der Waals surface area contributed by atoms with Crippen molar-refractivity contribution in [2.45, 2.75) is 85.1 Å². The average Bonchev–Trinajstić information content (AvgIpc) is 3.29. The van der Waals surface area contributed by atoms with E-state index >= 15 is 0 Å². The third kappa shape index (κ3) is 3.55. The number of rotatable bonds is 8. The monoisotopic (exact) mass is 394 g/mol. The molecule has 0 saturated heterocycles. The van der Waals surface area contributed by atoms with Crippen LogP contribution in [0.4, 0.5) is 0 Å². The Kier molecular flexibility index (Phi) is 5.61. The van der Waals surface area contributed by atoms with Crippen molar-refractivity contribution in [1.29, 1.82) is 0 Å². The molecule has 2 bridgehead atoms. The van der Waals surface area contributed by atoms with E-state index in [1.54, 1.807) is 0 Å². The highest BCUT2D eigenvalue weighted by molar-refractivity contribution is 6.40. The number of hydrogen-bond donors (Lipinski definition) is 0. The average molecular weight is 395 g/mol. The Labute approximate surface area is 176 Å². The maximum absolute atomic E-state index is 13.3. The van der Waals surface area contributed by atoms with Crippen LogP contribution in [0.25, 0.3) is 0 Å². The first kappa shape index (κ1) is 20.6. The third-order valence-electron chi connectivity index (χ3n) is 8.90. The van der Waals surface area contributed by atoms with Gasteiger partial charge in [0.2, 0.25) is 0 Å². The molecule has 1 unspecified atom stereocenters. The summed E-state index contributed by atoms with van der Waals surface area (Å²) in [5.74, 6) is 1.62. The van der Waals surface area contributed by atoms with Crippen molar-refractivity contribution in [2.75, 3.05) is 6.54 Å². The lowest BCUT2D eigenvalue weighted by Gasteiger charge is -2.39. The van der Waals surface area contributed by atoms with Crippen molar-refractivity contribution >= 4 is 11.5 Å². The van der Waals surface area contributed by atoms with Crippen molar-refractivity contribution < 1.29 is 4.79 Å². The molecule has 2 saturated carbocycles. The Bertz CT molecular complexity index is 768. The van der Waals surface area contributed by atoms with E-state index in [1.165, 1.54) is 37.7 Å². The van der Waals surface area contributed by atoms with E-state index in [9.17, 15) is 4.79 Å². The number of hydrogen-bond acceptors (Lipinski definition) is 3. The normalized spacial score (nSPS) is 32.6. The molecule has 3 heteroatoms. The van der Waals surface area contributed by atoms with Crippen molar-refractivity contribution in [2.24, 2.45) is 27.8 Å². The molecule has 4 rings (SSSR count). The van der Waals surface area contributed by atoms with Gasteiger partial charge >= 0.3 is 0 Å². The fourth-order valence-corrected chi connectivity index (χ4v) is 6.44. The fourth-order valence-electron chi connectivity index (χ4n) is 6.44. The minimum Gasteiger partial charge on any atom is -0.293 e. The van der Waals surface area contributed by atoms with Gasteiger partial charge in [-0.05, 0) is 53.9 Å². The van der Waals surface area contributed by atoms with Gasteiger partial charge in [0.15, 0.2) is 5.78 Å². The Hall–Kier alpha value is -1.64. The summed E-state index contributed by atoms with van der Waals surface area (Å²) in [7, 11) is 0. The zero-order valence-electron chi connectivity index (χ0n) is 18.8. The molecule has 1 aliphatic heterocycles. The lowest BCUT2D eigenvalue weighted by molar-refractivity contribution is -0.115. The number of unbranched alkanes of at least 4 members (excludes halogenated alkanes) is 2. The molecule has 1 heterocycles. The van der Waals surface area contributed by atoms with Crippen LogP contribution in [0.1, 0.15) is 90.7 Å². The Morgan fingerprint density at radius 1 is 1.17 bits per heavy atom. The predicted molar refractivity (Wildman–Crippen MR) is 120 cm³/mol. The van der Waals surface area contributed by atoms with Gasteiger partial charge in [-0.3, -0.25) is 9.80 Å². The van der Waals surface area contributed by atoms with Crippen LogP contribution in [0.2, 0.25) is 0 Å². The summed E-state index contributed by atoms with van der Waals surface area (Å²) in [6.45, 7) is 10.5. The molecule has 2 fully saturated rings. The van der Waals surface area contributed by atoms with E-state index < -0.39 is 0 Å². The first-order valence-corrected chi connectivity index (χ1v) is 11.8. The van der Waals surface area contributed by atoms with Crippen molar-refractivity contribution in [3.05, 3.63) is 35.9 Å². The summed E-state index contributed by atoms with van der Waals surface area (Å²) < 4.78 is 0. The number of Topliss-reactive ketones (excluding diaryl/α,β-unsaturated/α-hetero) is 1. The zero-order valence-corrected chi connectivity index (χ0v) is 18.8. The topological polar surface area (TPSA) is 32.7 Å². The molecular formula is C26H38N2O. The second-order valence-corrected chi connectivity index (χ2v) is 10.5. The van der Waals surface area contributed by atoms with E-state index in [2.05, 4.69) is 63.0 Å². The van der Waals surface area contributed by atoms with Crippen LogP contribution in [-0.2, 0) is 4.79 Å². The van der Waals surface area contributed by atoms with E-state index in [1.807, 2.05) is 0 Å². The van der Waals surface area contributed by atoms with Crippen LogP contribution in [-0.4, -0.2) is 23.0 Å². The molecule has 0 radical (unpaired) electrons. The number of nitrogens with zero attached hydrogens (tertiary/aromatic N) is 2. The van der Waals surface area contributed by atoms with Gasteiger partial charge < -0.3 is 0 Å². The molecule has 1 aromatic carbocycles. The van der Waals surface area contributed by atoms with Crippen LogP contribution < -0.4 is 0 Å². The van der Waals surface area contributed by atoms with Crippen molar-refractivity contribution in [1.82, 2.24) is 5.01 Å². The summed E-state index contributed by atoms with van der Waals surface area (Å²) in [4.78, 5) is 13.3. The molecule has 1 aromatic rings. The minimum absolute atomic E-state index is 0.221. The maximum Gasteiger partial charge on any atom is 0.179 e. The first-order chi connectivity index (χ1) is 13.9. The first-order valence-electron chi connectivity index (χ1n) is 11.8. The van der Waals surface area contributed by atoms with E-state index in [4.69, 9.17) is 5.10 Å². The van der Waals surface area contributed by atoms with Crippen molar-refractivity contribution in [3.63, 3.8) is 0 Å². The molecule has 3 nitrogen and oxygen atoms in total. The smallest absolute Gasteiger partial charge is 0.179 e. The molecule has 0 aromatic heterocycles. The number of fused-ring (bicyclic) bond motifs is 2. The second kappa shape index (κ2) is 7.89. The zero-order chi connectivity index (χ0) is 20.6. The Morgan fingerprint density at radius 2 is 1.93 bits per heavy atom. The van der Waals surface area contributed by atoms with Crippen LogP contribution in [0.5, 0.6) is 0 Å². The van der Waals surface area contributed by atoms with Crippen LogP contribution >= 0.6 is 0 Å². The highest BCUT2D eigenvalue weighted by atomic mass is 16.1. The SMILES string of the molecule is CCCCCN1N=C(C(=O)C[C@H]2C[C@H]3CC[C@]2(C)C3(C)C)CC1c1ccccc1. The van der Waals surface area contributed by atoms with Crippen LogP contribution in [0.3, 0.4) is 0 Å². The quantitative estimate of drug-likeness (QED) is 0.478. The number of hydrazone groups is 1. The molecule has 0 amide bonds. The summed E-state index contributed by atoms with van der Waals surface area (Å²) in [6.07, 6.45) is 8.88. The van der Waals surface area contributed by atoms with E-state index in [-0.39, 0.29) is 6.04 Å². The number of carbonyl (C=O) groups is 1. The fraction of sp³-hybridized carbons (Fsp3) is 0.692.